The van der Waals surface area contributed by atoms with Crippen molar-refractivity contribution in [3.63, 3.8) is 0 Å². The molecule has 0 aromatic carbocycles. The van der Waals surface area contributed by atoms with Crippen LogP contribution in [-0.4, -0.2) is 11.7 Å². The molecule has 0 amide bonds. The van der Waals surface area contributed by atoms with E-state index in [4.69, 9.17) is 4.18 Å². The maximum atomic E-state index is 11.8. The molecule has 1 aliphatic rings. The summed E-state index contributed by atoms with van der Waals surface area (Å²) in [6, 6.07) is 0. The highest BCUT2D eigenvalue weighted by molar-refractivity contribution is 7.95. The third-order valence-corrected chi connectivity index (χ3v) is 3.68. The number of carbonyl (C=O) groups excluding carboxylic acids is 1. The van der Waals surface area contributed by atoms with Gasteiger partial charge in [0.1, 0.15) is 0 Å². The molecule has 1 rings (SSSR count). The van der Waals surface area contributed by atoms with Gasteiger partial charge in [0.05, 0.1) is 18.0 Å². The normalized spacial score (nSPS) is 25.8. The minimum Gasteiger partial charge on any atom is -0.391 e. The van der Waals surface area contributed by atoms with Crippen LogP contribution in [0.15, 0.2) is 0 Å². The third-order valence-electron chi connectivity index (χ3n) is 2.94. The van der Waals surface area contributed by atoms with Gasteiger partial charge in [-0.3, -0.25) is 4.79 Å². The lowest BCUT2D eigenvalue weighted by Gasteiger charge is -2.28. The van der Waals surface area contributed by atoms with Crippen LogP contribution in [0, 0.1) is 11.3 Å². The topological polar surface area (TPSA) is 26.3 Å². The number of rotatable bonds is 0. The van der Waals surface area contributed by atoms with Gasteiger partial charge in [0, 0.05) is 5.75 Å². The SMILES string of the molecule is CC(C)(C)C1CCCCCCSOC1=O. The number of carbonyl (C=O) groups is 1. The van der Waals surface area contributed by atoms with Crippen LogP contribution in [0.1, 0.15) is 52.9 Å². The Morgan fingerprint density at radius 1 is 1.20 bits per heavy atom. The van der Waals surface area contributed by atoms with Gasteiger partial charge >= 0.3 is 5.97 Å². The monoisotopic (exact) mass is 230 g/mol. The van der Waals surface area contributed by atoms with E-state index in [1.807, 2.05) is 0 Å². The van der Waals surface area contributed by atoms with Gasteiger partial charge in [0.15, 0.2) is 0 Å². The van der Waals surface area contributed by atoms with E-state index in [1.165, 1.54) is 24.9 Å². The van der Waals surface area contributed by atoms with Gasteiger partial charge in [-0.15, -0.1) is 0 Å². The fourth-order valence-corrected chi connectivity index (χ4v) is 2.56. The van der Waals surface area contributed by atoms with Crippen molar-refractivity contribution < 1.29 is 8.98 Å². The zero-order chi connectivity index (χ0) is 11.3. The molecular weight excluding hydrogens is 208 g/mol. The Labute approximate surface area is 97.4 Å². The van der Waals surface area contributed by atoms with E-state index in [0.29, 0.717) is 0 Å². The highest BCUT2D eigenvalue weighted by atomic mass is 32.2. The molecule has 1 heterocycles. The average Bonchev–Trinajstić information content (AvgIpc) is 2.14. The van der Waals surface area contributed by atoms with Gasteiger partial charge < -0.3 is 4.18 Å². The van der Waals surface area contributed by atoms with E-state index in [1.54, 1.807) is 0 Å². The van der Waals surface area contributed by atoms with Crippen LogP contribution in [0.3, 0.4) is 0 Å². The highest BCUT2D eigenvalue weighted by Gasteiger charge is 2.32. The van der Waals surface area contributed by atoms with E-state index in [-0.39, 0.29) is 17.3 Å². The Hall–Kier alpha value is -0.180. The zero-order valence-electron chi connectivity index (χ0n) is 10.0. The van der Waals surface area contributed by atoms with E-state index in [0.717, 1.165) is 25.0 Å². The molecule has 1 saturated heterocycles. The van der Waals surface area contributed by atoms with Crippen LogP contribution in [0.2, 0.25) is 0 Å². The molecule has 88 valence electrons. The summed E-state index contributed by atoms with van der Waals surface area (Å²) in [6.45, 7) is 6.36. The van der Waals surface area contributed by atoms with Gasteiger partial charge in [-0.25, -0.2) is 0 Å². The zero-order valence-corrected chi connectivity index (χ0v) is 10.9. The van der Waals surface area contributed by atoms with E-state index in [2.05, 4.69) is 20.8 Å². The van der Waals surface area contributed by atoms with Crippen LogP contribution in [0.4, 0.5) is 0 Å². The lowest BCUT2D eigenvalue weighted by molar-refractivity contribution is -0.141. The molecule has 0 bridgehead atoms. The summed E-state index contributed by atoms with van der Waals surface area (Å²) in [5, 5.41) is 0. The maximum absolute atomic E-state index is 11.8. The first-order valence-electron chi connectivity index (χ1n) is 5.85. The van der Waals surface area contributed by atoms with Crippen molar-refractivity contribution >= 4 is 18.0 Å². The first-order valence-corrected chi connectivity index (χ1v) is 6.76. The Morgan fingerprint density at radius 3 is 2.53 bits per heavy atom. The molecule has 2 nitrogen and oxygen atoms in total. The Morgan fingerprint density at radius 2 is 1.87 bits per heavy atom. The van der Waals surface area contributed by atoms with Gasteiger partial charge in [0.2, 0.25) is 0 Å². The molecule has 0 saturated carbocycles. The van der Waals surface area contributed by atoms with Crippen LogP contribution >= 0.6 is 12.0 Å². The van der Waals surface area contributed by atoms with Gasteiger partial charge in [0.25, 0.3) is 0 Å². The van der Waals surface area contributed by atoms with E-state index in [9.17, 15) is 4.79 Å². The lowest BCUT2D eigenvalue weighted by Crippen LogP contribution is -2.29. The Balaban J connectivity index is 2.59. The second-order valence-electron chi connectivity index (χ2n) is 5.35. The summed E-state index contributed by atoms with van der Waals surface area (Å²) in [7, 11) is 0. The molecule has 0 aliphatic carbocycles. The summed E-state index contributed by atoms with van der Waals surface area (Å²) in [5.41, 5.74) is 0.0246. The molecule has 1 atom stereocenters. The van der Waals surface area contributed by atoms with Crippen LogP contribution in [-0.2, 0) is 8.98 Å². The van der Waals surface area contributed by atoms with E-state index >= 15 is 0 Å². The quantitative estimate of drug-likeness (QED) is 0.592. The van der Waals surface area contributed by atoms with Crippen LogP contribution in [0.5, 0.6) is 0 Å². The minimum absolute atomic E-state index is 0.0191. The number of hydrogen-bond donors (Lipinski definition) is 0. The van der Waals surface area contributed by atoms with E-state index < -0.39 is 0 Å². The lowest BCUT2D eigenvalue weighted by atomic mass is 9.78. The van der Waals surface area contributed by atoms with Crippen molar-refractivity contribution in [2.45, 2.75) is 52.9 Å². The van der Waals surface area contributed by atoms with Gasteiger partial charge in [-0.05, 0) is 18.3 Å². The van der Waals surface area contributed by atoms with Crippen molar-refractivity contribution in [1.82, 2.24) is 0 Å². The fourth-order valence-electron chi connectivity index (χ4n) is 1.93. The summed E-state index contributed by atoms with van der Waals surface area (Å²) in [4.78, 5) is 11.8. The number of hydrogen-bond acceptors (Lipinski definition) is 3. The molecule has 0 aromatic rings. The van der Waals surface area contributed by atoms with Crippen molar-refractivity contribution in [1.29, 1.82) is 0 Å². The summed E-state index contributed by atoms with van der Waals surface area (Å²) in [6.07, 6.45) is 5.81. The first kappa shape index (κ1) is 12.9. The smallest absolute Gasteiger partial charge is 0.321 e. The fraction of sp³-hybridized carbons (Fsp3) is 0.917. The predicted molar refractivity (Wildman–Crippen MR) is 64.6 cm³/mol. The van der Waals surface area contributed by atoms with Gasteiger partial charge in [-0.2, -0.15) is 0 Å². The average molecular weight is 230 g/mol. The van der Waals surface area contributed by atoms with Crippen molar-refractivity contribution in [2.75, 3.05) is 5.75 Å². The summed E-state index contributed by atoms with van der Waals surface area (Å²) >= 11 is 1.33. The largest absolute Gasteiger partial charge is 0.391 e. The summed E-state index contributed by atoms with van der Waals surface area (Å²) in [5.74, 6) is 0.986. The molecule has 0 spiro atoms. The molecular formula is C12H22O2S. The van der Waals surface area contributed by atoms with Crippen molar-refractivity contribution in [3.8, 4) is 0 Å². The molecule has 0 radical (unpaired) electrons. The molecule has 1 fully saturated rings. The standard InChI is InChI=1S/C12H22O2S/c1-12(2,3)10-8-6-4-5-7-9-15-14-11(10)13/h10H,4-9H2,1-3H3. The molecule has 0 aromatic heterocycles. The predicted octanol–water partition coefficient (Wildman–Crippen LogP) is 3.80. The maximum Gasteiger partial charge on any atom is 0.321 e. The second-order valence-corrected chi connectivity index (χ2v) is 6.16. The Kier molecular flexibility index (Phi) is 4.97. The third kappa shape index (κ3) is 4.45. The molecule has 3 heteroatoms. The minimum atomic E-state index is -0.0191. The van der Waals surface area contributed by atoms with Crippen molar-refractivity contribution in [3.05, 3.63) is 0 Å². The molecule has 0 N–H and O–H groups in total. The first-order chi connectivity index (χ1) is 7.02. The highest BCUT2D eigenvalue weighted by Crippen LogP contribution is 2.33. The molecule has 15 heavy (non-hydrogen) atoms. The van der Waals surface area contributed by atoms with Crippen LogP contribution in [0.25, 0.3) is 0 Å². The molecule has 1 aliphatic heterocycles. The summed E-state index contributed by atoms with van der Waals surface area (Å²) < 4.78 is 5.24. The Bertz CT molecular complexity index is 208. The van der Waals surface area contributed by atoms with Crippen LogP contribution < -0.4 is 0 Å². The van der Waals surface area contributed by atoms with Crippen molar-refractivity contribution in [2.24, 2.45) is 11.3 Å². The van der Waals surface area contributed by atoms with Gasteiger partial charge in [-0.1, -0.05) is 40.0 Å². The second kappa shape index (κ2) is 5.78. The molecule has 1 unspecified atom stereocenters.